The van der Waals surface area contributed by atoms with Crippen molar-refractivity contribution in [3.05, 3.63) is 40.4 Å². The van der Waals surface area contributed by atoms with E-state index in [0.29, 0.717) is 5.01 Å². The number of aryl methyl sites for hydroxylation is 1. The summed E-state index contributed by atoms with van der Waals surface area (Å²) in [5.41, 5.74) is 1.26. The van der Waals surface area contributed by atoms with E-state index >= 15 is 0 Å². The number of aromatic nitrogens is 1. The maximum absolute atomic E-state index is 13.8. The van der Waals surface area contributed by atoms with Gasteiger partial charge >= 0.3 is 0 Å². The van der Waals surface area contributed by atoms with Crippen LogP contribution in [0.5, 0.6) is 0 Å². The molecule has 1 unspecified atom stereocenters. The fraction of sp³-hybridized carbons (Fsp3) is 0.357. The minimum Gasteiger partial charge on any atom is -0.312 e. The third-order valence-corrected chi connectivity index (χ3v) is 4.63. The third kappa shape index (κ3) is 2.28. The molecule has 1 aromatic heterocycles. The molecule has 1 N–H and O–H groups in total. The number of nitrogens with zero attached hydrogens (tertiary/aromatic N) is 1. The largest absolute Gasteiger partial charge is 0.312 e. The molecule has 0 fully saturated rings. The lowest BCUT2D eigenvalue weighted by molar-refractivity contribution is 0.490. The third-order valence-electron chi connectivity index (χ3n) is 3.46. The molecule has 100 valence electrons. The van der Waals surface area contributed by atoms with Gasteiger partial charge in [0.2, 0.25) is 0 Å². The second-order valence-electron chi connectivity index (χ2n) is 4.69. The molecule has 0 amide bonds. The summed E-state index contributed by atoms with van der Waals surface area (Å²) >= 11 is 1.47. The van der Waals surface area contributed by atoms with Crippen LogP contribution in [-0.2, 0) is 6.42 Å². The van der Waals surface area contributed by atoms with Crippen molar-refractivity contribution >= 4 is 11.3 Å². The summed E-state index contributed by atoms with van der Waals surface area (Å²) in [7, 11) is 1.90. The minimum atomic E-state index is -0.435. The predicted molar refractivity (Wildman–Crippen MR) is 72.2 cm³/mol. The van der Waals surface area contributed by atoms with Crippen LogP contribution in [0.15, 0.2) is 18.2 Å². The summed E-state index contributed by atoms with van der Waals surface area (Å²) in [4.78, 5) is 5.71. The van der Waals surface area contributed by atoms with Crippen LogP contribution in [0, 0.1) is 11.6 Å². The van der Waals surface area contributed by atoms with E-state index in [2.05, 4.69) is 10.3 Å². The SMILES string of the molecule is CNC1CCCc2sc(-c3cc(F)ccc3F)nc21. The van der Waals surface area contributed by atoms with Crippen molar-refractivity contribution in [2.45, 2.75) is 25.3 Å². The fourth-order valence-electron chi connectivity index (χ4n) is 2.48. The van der Waals surface area contributed by atoms with Crippen LogP contribution in [0.25, 0.3) is 10.6 Å². The quantitative estimate of drug-likeness (QED) is 0.907. The van der Waals surface area contributed by atoms with Crippen LogP contribution in [-0.4, -0.2) is 12.0 Å². The van der Waals surface area contributed by atoms with E-state index in [-0.39, 0.29) is 11.6 Å². The van der Waals surface area contributed by atoms with Gasteiger partial charge in [-0.1, -0.05) is 0 Å². The molecule has 1 aromatic carbocycles. The first-order chi connectivity index (χ1) is 9.19. The highest BCUT2D eigenvalue weighted by atomic mass is 32.1. The van der Waals surface area contributed by atoms with Gasteiger partial charge in [-0.05, 0) is 44.5 Å². The number of nitrogens with one attached hydrogen (secondary N) is 1. The molecule has 1 heterocycles. The minimum absolute atomic E-state index is 0.227. The Kier molecular flexibility index (Phi) is 3.33. The fourth-order valence-corrected chi connectivity index (χ4v) is 3.66. The molecule has 0 radical (unpaired) electrons. The summed E-state index contributed by atoms with van der Waals surface area (Å²) in [6.07, 6.45) is 3.12. The van der Waals surface area contributed by atoms with Gasteiger partial charge in [0.05, 0.1) is 11.7 Å². The summed E-state index contributed by atoms with van der Waals surface area (Å²) in [5, 5.41) is 3.80. The van der Waals surface area contributed by atoms with Crippen molar-refractivity contribution in [3.8, 4) is 10.6 Å². The van der Waals surface area contributed by atoms with Crippen molar-refractivity contribution in [3.63, 3.8) is 0 Å². The average Bonchev–Trinajstić information content (AvgIpc) is 2.85. The van der Waals surface area contributed by atoms with Gasteiger partial charge in [-0.2, -0.15) is 0 Å². The highest BCUT2D eigenvalue weighted by Gasteiger charge is 2.24. The van der Waals surface area contributed by atoms with Crippen LogP contribution >= 0.6 is 11.3 Å². The number of thiazole rings is 1. The molecule has 2 nitrogen and oxygen atoms in total. The highest BCUT2D eigenvalue weighted by Crippen LogP contribution is 2.37. The molecule has 19 heavy (non-hydrogen) atoms. The lowest BCUT2D eigenvalue weighted by Gasteiger charge is -2.19. The van der Waals surface area contributed by atoms with Crippen LogP contribution < -0.4 is 5.32 Å². The Morgan fingerprint density at radius 2 is 2.21 bits per heavy atom. The Balaban J connectivity index is 2.07. The maximum atomic E-state index is 13.8. The Morgan fingerprint density at radius 1 is 1.37 bits per heavy atom. The molecule has 1 aliphatic rings. The van der Waals surface area contributed by atoms with Crippen molar-refractivity contribution in [2.24, 2.45) is 0 Å². The van der Waals surface area contributed by atoms with Gasteiger partial charge < -0.3 is 5.32 Å². The summed E-state index contributed by atoms with van der Waals surface area (Å²) in [6.45, 7) is 0. The van der Waals surface area contributed by atoms with Gasteiger partial charge in [-0.25, -0.2) is 13.8 Å². The first-order valence-electron chi connectivity index (χ1n) is 6.31. The molecular formula is C14H14F2N2S. The molecule has 2 aromatic rings. The predicted octanol–water partition coefficient (Wildman–Crippen LogP) is 3.69. The van der Waals surface area contributed by atoms with E-state index in [1.54, 1.807) is 0 Å². The van der Waals surface area contributed by atoms with Crippen molar-refractivity contribution in [1.29, 1.82) is 0 Å². The lowest BCUT2D eigenvalue weighted by Crippen LogP contribution is -2.21. The van der Waals surface area contributed by atoms with E-state index < -0.39 is 11.6 Å². The van der Waals surface area contributed by atoms with Crippen molar-refractivity contribution < 1.29 is 8.78 Å². The highest BCUT2D eigenvalue weighted by molar-refractivity contribution is 7.15. The van der Waals surface area contributed by atoms with Crippen LogP contribution in [0.3, 0.4) is 0 Å². The zero-order chi connectivity index (χ0) is 13.4. The van der Waals surface area contributed by atoms with Crippen LogP contribution in [0.2, 0.25) is 0 Å². The van der Waals surface area contributed by atoms with E-state index in [4.69, 9.17) is 0 Å². The van der Waals surface area contributed by atoms with Crippen LogP contribution in [0.1, 0.15) is 29.5 Å². The number of hydrogen-bond acceptors (Lipinski definition) is 3. The van der Waals surface area contributed by atoms with Crippen molar-refractivity contribution in [1.82, 2.24) is 10.3 Å². The first kappa shape index (κ1) is 12.7. The Morgan fingerprint density at radius 3 is 3.00 bits per heavy atom. The molecule has 0 saturated heterocycles. The Hall–Kier alpha value is -1.33. The number of benzene rings is 1. The van der Waals surface area contributed by atoms with Gasteiger partial charge in [-0.15, -0.1) is 11.3 Å². The number of halogens is 2. The number of rotatable bonds is 2. The number of hydrogen-bond donors (Lipinski definition) is 1. The lowest BCUT2D eigenvalue weighted by atomic mass is 9.98. The standard InChI is InChI=1S/C14H14F2N2S/c1-17-11-3-2-4-12-13(11)18-14(19-12)9-7-8(15)5-6-10(9)16/h5-7,11,17H,2-4H2,1H3. The topological polar surface area (TPSA) is 24.9 Å². The van der Waals surface area contributed by atoms with E-state index in [1.165, 1.54) is 22.3 Å². The van der Waals surface area contributed by atoms with Gasteiger partial charge in [0.1, 0.15) is 16.6 Å². The molecule has 0 spiro atoms. The van der Waals surface area contributed by atoms with E-state index in [0.717, 1.165) is 37.1 Å². The first-order valence-corrected chi connectivity index (χ1v) is 7.13. The Labute approximate surface area is 114 Å². The molecule has 3 rings (SSSR count). The molecular weight excluding hydrogens is 266 g/mol. The molecule has 0 aliphatic heterocycles. The number of fused-ring (bicyclic) bond motifs is 1. The van der Waals surface area contributed by atoms with E-state index in [9.17, 15) is 8.78 Å². The molecule has 0 bridgehead atoms. The monoisotopic (exact) mass is 280 g/mol. The second kappa shape index (κ2) is 4.98. The summed E-state index contributed by atoms with van der Waals surface area (Å²) < 4.78 is 27.0. The van der Waals surface area contributed by atoms with Crippen LogP contribution in [0.4, 0.5) is 8.78 Å². The molecule has 5 heteroatoms. The maximum Gasteiger partial charge on any atom is 0.133 e. The molecule has 0 saturated carbocycles. The van der Waals surface area contributed by atoms with Gasteiger partial charge in [0, 0.05) is 10.4 Å². The van der Waals surface area contributed by atoms with Gasteiger partial charge in [0.15, 0.2) is 0 Å². The van der Waals surface area contributed by atoms with Gasteiger partial charge in [0.25, 0.3) is 0 Å². The van der Waals surface area contributed by atoms with E-state index in [1.807, 2.05) is 7.05 Å². The smallest absolute Gasteiger partial charge is 0.133 e. The zero-order valence-corrected chi connectivity index (χ0v) is 11.4. The average molecular weight is 280 g/mol. The zero-order valence-electron chi connectivity index (χ0n) is 10.5. The summed E-state index contributed by atoms with van der Waals surface area (Å²) in [6, 6.07) is 3.72. The molecule has 1 aliphatic carbocycles. The van der Waals surface area contributed by atoms with Crippen molar-refractivity contribution in [2.75, 3.05) is 7.05 Å². The molecule has 1 atom stereocenters. The Bertz CT molecular complexity index is 609. The van der Waals surface area contributed by atoms with Gasteiger partial charge in [-0.3, -0.25) is 0 Å². The summed E-state index contributed by atoms with van der Waals surface area (Å²) in [5.74, 6) is -0.858. The second-order valence-corrected chi connectivity index (χ2v) is 5.77. The normalized spacial score (nSPS) is 18.4.